The number of amides is 1. The lowest BCUT2D eigenvalue weighted by molar-refractivity contribution is -0.274. The summed E-state index contributed by atoms with van der Waals surface area (Å²) in [6.45, 7) is 2.96. The Kier molecular flexibility index (Phi) is 8.58. The smallest absolute Gasteiger partial charge is 0.497 e. The van der Waals surface area contributed by atoms with Crippen LogP contribution < -0.4 is 19.7 Å². The number of carbonyl (C=O) groups is 2. The van der Waals surface area contributed by atoms with Crippen molar-refractivity contribution in [2.45, 2.75) is 50.1 Å². The van der Waals surface area contributed by atoms with Crippen LogP contribution in [0.15, 0.2) is 59.8 Å². The van der Waals surface area contributed by atoms with E-state index in [1.165, 1.54) is 50.3 Å². The van der Waals surface area contributed by atoms with Gasteiger partial charge < -0.3 is 29.6 Å². The van der Waals surface area contributed by atoms with Crippen LogP contribution in [0.4, 0.5) is 24.5 Å². The lowest BCUT2D eigenvalue weighted by atomic mass is 9.99. The summed E-state index contributed by atoms with van der Waals surface area (Å²) in [6, 6.07) is 12.5. The second kappa shape index (κ2) is 12.0. The van der Waals surface area contributed by atoms with Crippen LogP contribution in [-0.4, -0.2) is 48.8 Å². The summed E-state index contributed by atoms with van der Waals surface area (Å²) in [5.41, 5.74) is 0.394. The van der Waals surface area contributed by atoms with E-state index < -0.39 is 35.6 Å². The van der Waals surface area contributed by atoms with E-state index in [0.29, 0.717) is 33.3 Å². The molecule has 1 heterocycles. The number of methoxy groups -OCH3 is 1. The van der Waals surface area contributed by atoms with Crippen molar-refractivity contribution < 1.29 is 42.2 Å². The van der Waals surface area contributed by atoms with Gasteiger partial charge in [-0.05, 0) is 62.6 Å². The van der Waals surface area contributed by atoms with Gasteiger partial charge in [0.25, 0.3) is 5.91 Å². The van der Waals surface area contributed by atoms with Gasteiger partial charge in [-0.3, -0.25) is 4.79 Å². The highest BCUT2D eigenvalue weighted by molar-refractivity contribution is 6.35. The maximum atomic E-state index is 14.4. The number of rotatable bonds is 10. The lowest BCUT2D eigenvalue weighted by Crippen LogP contribution is -2.38. The minimum absolute atomic E-state index is 0.192. The molecule has 2 N–H and O–H groups in total. The van der Waals surface area contributed by atoms with Gasteiger partial charge in [0.05, 0.1) is 19.0 Å². The molecule has 238 valence electrons. The third-order valence-electron chi connectivity index (χ3n) is 7.64. The second-order valence-corrected chi connectivity index (χ2v) is 12.2. The Morgan fingerprint density at radius 2 is 1.80 bits per heavy atom. The van der Waals surface area contributed by atoms with E-state index in [9.17, 15) is 27.9 Å². The summed E-state index contributed by atoms with van der Waals surface area (Å²) in [6.07, 6.45) is -2.05. The fourth-order valence-electron chi connectivity index (χ4n) is 5.11. The first-order valence-corrected chi connectivity index (χ1v) is 14.4. The Balaban J connectivity index is 1.52. The molecule has 1 spiro atoms. The molecule has 1 amide bonds. The van der Waals surface area contributed by atoms with Crippen molar-refractivity contribution in [1.82, 2.24) is 0 Å². The summed E-state index contributed by atoms with van der Waals surface area (Å²) in [5.74, 6) is -1.74. The molecule has 0 saturated heterocycles. The summed E-state index contributed by atoms with van der Waals surface area (Å²) in [4.78, 5) is 32.4. The number of carboxylic acid groups (broad SMARTS) is 1. The van der Waals surface area contributed by atoms with E-state index in [0.717, 1.165) is 18.4 Å². The van der Waals surface area contributed by atoms with Crippen LogP contribution in [0, 0.1) is 0 Å². The van der Waals surface area contributed by atoms with Crippen LogP contribution in [0.2, 0.25) is 10.0 Å². The zero-order valence-electron chi connectivity index (χ0n) is 24.2. The quantitative estimate of drug-likeness (QED) is 0.172. The van der Waals surface area contributed by atoms with Crippen molar-refractivity contribution in [3.05, 3.63) is 81.3 Å². The molecule has 1 atom stereocenters. The zero-order chi connectivity index (χ0) is 32.7. The molecule has 45 heavy (non-hydrogen) atoms. The van der Waals surface area contributed by atoms with Gasteiger partial charge in [0.1, 0.15) is 17.5 Å². The molecule has 1 fully saturated rings. The van der Waals surface area contributed by atoms with Gasteiger partial charge in [-0.2, -0.15) is 0 Å². The van der Waals surface area contributed by atoms with Gasteiger partial charge in [-0.15, -0.1) is 13.2 Å². The lowest BCUT2D eigenvalue weighted by Gasteiger charge is -2.27. The standard InChI is InChI=1S/C31H28Cl2F3N3O6/c1-29(2,28(41)42)45-37-15-17-10-19(13-21(11-17)43-3)38-26(22-6-4-18(32)12-24(22)33)27(40)39-16-30(8-9-30)23-7-5-20(14-25(23)39)44-31(34,35)36/h4-7,10-15,26,38H,8-9,16H2,1-3H3,(H,41,42). The van der Waals surface area contributed by atoms with Gasteiger partial charge >= 0.3 is 12.3 Å². The third-order valence-corrected chi connectivity index (χ3v) is 8.20. The number of fused-ring (bicyclic) bond motifs is 2. The molecule has 0 radical (unpaired) electrons. The number of nitrogens with zero attached hydrogens (tertiary/aromatic N) is 2. The van der Waals surface area contributed by atoms with E-state index in [1.807, 2.05) is 0 Å². The van der Waals surface area contributed by atoms with E-state index in [4.69, 9.17) is 32.8 Å². The maximum absolute atomic E-state index is 14.4. The van der Waals surface area contributed by atoms with Gasteiger partial charge in [-0.1, -0.05) is 40.5 Å². The first-order valence-electron chi connectivity index (χ1n) is 13.7. The summed E-state index contributed by atoms with van der Waals surface area (Å²) in [5, 5.41) is 16.8. The Labute approximate surface area is 266 Å². The minimum Gasteiger partial charge on any atom is -0.497 e. The molecule has 3 aromatic carbocycles. The highest BCUT2D eigenvalue weighted by Crippen LogP contribution is 2.57. The monoisotopic (exact) mass is 665 g/mol. The van der Waals surface area contributed by atoms with Crippen molar-refractivity contribution in [1.29, 1.82) is 0 Å². The number of aliphatic carboxylic acids is 1. The zero-order valence-corrected chi connectivity index (χ0v) is 25.8. The molecular weight excluding hydrogens is 638 g/mol. The predicted molar refractivity (Wildman–Crippen MR) is 163 cm³/mol. The van der Waals surface area contributed by atoms with Crippen LogP contribution in [0.5, 0.6) is 11.5 Å². The molecule has 1 saturated carbocycles. The highest BCUT2D eigenvalue weighted by Gasteiger charge is 2.54. The first-order chi connectivity index (χ1) is 21.1. The van der Waals surface area contributed by atoms with Crippen molar-refractivity contribution in [3.8, 4) is 11.5 Å². The van der Waals surface area contributed by atoms with Crippen LogP contribution in [-0.2, 0) is 19.8 Å². The van der Waals surface area contributed by atoms with E-state index >= 15 is 0 Å². The molecule has 14 heteroatoms. The number of nitrogens with one attached hydrogen (secondary N) is 1. The fraction of sp³-hybridized carbons (Fsp3) is 0.323. The van der Waals surface area contributed by atoms with Crippen LogP contribution >= 0.6 is 23.2 Å². The molecule has 1 aliphatic heterocycles. The highest BCUT2D eigenvalue weighted by atomic mass is 35.5. The van der Waals surface area contributed by atoms with Gasteiger partial charge in [0.15, 0.2) is 0 Å². The molecular formula is C31H28Cl2F3N3O6. The predicted octanol–water partition coefficient (Wildman–Crippen LogP) is 7.35. The largest absolute Gasteiger partial charge is 0.573 e. The number of anilines is 2. The SMILES string of the molecule is COc1cc(C=NOC(C)(C)C(=O)O)cc(NC(C(=O)N2CC3(CC3)c3ccc(OC(F)(F)F)cc32)c2ccc(Cl)cc2Cl)c1. The Morgan fingerprint density at radius 3 is 2.42 bits per heavy atom. The van der Waals surface area contributed by atoms with E-state index in [2.05, 4.69) is 15.2 Å². The minimum atomic E-state index is -4.90. The number of carbonyl (C=O) groups excluding carboxylic acids is 1. The molecule has 1 unspecified atom stereocenters. The van der Waals surface area contributed by atoms with Gasteiger partial charge in [0, 0.05) is 51.0 Å². The topological polar surface area (TPSA) is 110 Å². The van der Waals surface area contributed by atoms with Gasteiger partial charge in [0.2, 0.25) is 5.60 Å². The van der Waals surface area contributed by atoms with Crippen molar-refractivity contribution in [3.63, 3.8) is 0 Å². The molecule has 5 rings (SSSR count). The average molecular weight is 666 g/mol. The van der Waals surface area contributed by atoms with E-state index in [1.54, 1.807) is 36.4 Å². The number of oxime groups is 1. The summed E-state index contributed by atoms with van der Waals surface area (Å²) < 4.78 is 48.8. The molecule has 1 aliphatic carbocycles. The second-order valence-electron chi connectivity index (χ2n) is 11.3. The molecule has 3 aromatic rings. The molecule has 0 aromatic heterocycles. The molecule has 2 aliphatic rings. The van der Waals surface area contributed by atoms with Crippen LogP contribution in [0.3, 0.4) is 0 Å². The van der Waals surface area contributed by atoms with Crippen LogP contribution in [0.1, 0.15) is 49.4 Å². The summed E-state index contributed by atoms with van der Waals surface area (Å²) in [7, 11) is 1.44. The average Bonchev–Trinajstić information content (AvgIpc) is 3.66. The third kappa shape index (κ3) is 7.07. The first kappa shape index (κ1) is 32.2. The van der Waals surface area contributed by atoms with Crippen molar-refractivity contribution >= 4 is 52.7 Å². The number of hydrogen-bond acceptors (Lipinski definition) is 7. The Bertz CT molecular complexity index is 1680. The van der Waals surface area contributed by atoms with E-state index in [-0.39, 0.29) is 17.0 Å². The fourth-order valence-corrected chi connectivity index (χ4v) is 5.63. The van der Waals surface area contributed by atoms with Crippen LogP contribution in [0.25, 0.3) is 0 Å². The number of carboxylic acids is 1. The number of benzene rings is 3. The van der Waals surface area contributed by atoms with Crippen molar-refractivity contribution in [2.24, 2.45) is 5.16 Å². The van der Waals surface area contributed by atoms with Gasteiger partial charge in [-0.25, -0.2) is 4.79 Å². The number of alkyl halides is 3. The Morgan fingerprint density at radius 1 is 1.07 bits per heavy atom. The molecule has 0 bridgehead atoms. The number of hydrogen-bond donors (Lipinski definition) is 2. The molecule has 9 nitrogen and oxygen atoms in total. The number of halogens is 5. The van der Waals surface area contributed by atoms with Crippen molar-refractivity contribution in [2.75, 3.05) is 23.9 Å². The summed E-state index contributed by atoms with van der Waals surface area (Å²) >= 11 is 12.7. The maximum Gasteiger partial charge on any atom is 0.573 e. The Hall–Kier alpha value is -4.16. The number of ether oxygens (including phenoxy) is 2. The normalized spacial score (nSPS) is 16.0.